The predicted octanol–water partition coefficient (Wildman–Crippen LogP) is 3.17. The molecule has 1 heterocycles. The molecule has 1 atom stereocenters. The Labute approximate surface area is 125 Å². The summed E-state index contributed by atoms with van der Waals surface area (Å²) in [5.41, 5.74) is -0.0216. The second-order valence-corrected chi connectivity index (χ2v) is 7.46. The van der Waals surface area contributed by atoms with E-state index in [1.807, 2.05) is 0 Å². The van der Waals surface area contributed by atoms with Crippen molar-refractivity contribution in [2.24, 2.45) is 17.3 Å². The van der Waals surface area contributed by atoms with Gasteiger partial charge in [0, 0.05) is 18.6 Å². The highest BCUT2D eigenvalue weighted by Gasteiger charge is 2.34. The van der Waals surface area contributed by atoms with E-state index in [-0.39, 0.29) is 12.0 Å². The molecule has 0 spiro atoms. The largest absolute Gasteiger partial charge is 0.396 e. The molecule has 0 radical (unpaired) electrons. The van der Waals surface area contributed by atoms with Crippen LogP contribution < -0.4 is 0 Å². The molecule has 1 aliphatic rings. The summed E-state index contributed by atoms with van der Waals surface area (Å²) in [6.07, 6.45) is 4.66. The fourth-order valence-corrected chi connectivity index (χ4v) is 2.84. The monoisotopic (exact) mass is 285 g/mol. The fourth-order valence-electron chi connectivity index (χ4n) is 2.84. The molecule has 3 heteroatoms. The van der Waals surface area contributed by atoms with Crippen molar-refractivity contribution in [3.8, 4) is 0 Å². The standard InChI is InChI=1S/C17H35NO2/c1-15(2)6-9-18(10-7-16(3)4)12-17(13-19)8-5-11-20-14-17/h15-16,19H,5-14H2,1-4H3. The van der Waals surface area contributed by atoms with E-state index in [4.69, 9.17) is 4.74 Å². The lowest BCUT2D eigenvalue weighted by molar-refractivity contribution is -0.0561. The van der Waals surface area contributed by atoms with Crippen molar-refractivity contribution >= 4 is 0 Å². The summed E-state index contributed by atoms with van der Waals surface area (Å²) in [5, 5.41) is 9.84. The van der Waals surface area contributed by atoms with Gasteiger partial charge in [-0.2, -0.15) is 0 Å². The predicted molar refractivity (Wildman–Crippen MR) is 84.9 cm³/mol. The molecular formula is C17H35NO2. The topological polar surface area (TPSA) is 32.7 Å². The molecule has 120 valence electrons. The molecule has 1 aliphatic heterocycles. The fraction of sp³-hybridized carbons (Fsp3) is 1.00. The van der Waals surface area contributed by atoms with Gasteiger partial charge in [0.15, 0.2) is 0 Å². The molecule has 1 fully saturated rings. The maximum absolute atomic E-state index is 9.84. The molecule has 0 aromatic rings. The van der Waals surface area contributed by atoms with Gasteiger partial charge in [-0.15, -0.1) is 0 Å². The molecule has 0 aromatic heterocycles. The zero-order valence-corrected chi connectivity index (χ0v) is 14.0. The van der Waals surface area contributed by atoms with Gasteiger partial charge in [0.2, 0.25) is 0 Å². The third-order valence-corrected chi connectivity index (χ3v) is 4.34. The smallest absolute Gasteiger partial charge is 0.0556 e. The van der Waals surface area contributed by atoms with Gasteiger partial charge in [-0.25, -0.2) is 0 Å². The van der Waals surface area contributed by atoms with Gasteiger partial charge in [-0.3, -0.25) is 0 Å². The van der Waals surface area contributed by atoms with Crippen molar-refractivity contribution in [1.82, 2.24) is 4.90 Å². The van der Waals surface area contributed by atoms with Gasteiger partial charge in [0.1, 0.15) is 0 Å². The lowest BCUT2D eigenvalue weighted by Crippen LogP contribution is -2.46. The minimum absolute atomic E-state index is 0.0216. The minimum atomic E-state index is -0.0216. The Morgan fingerprint density at radius 1 is 1.10 bits per heavy atom. The zero-order valence-electron chi connectivity index (χ0n) is 14.0. The van der Waals surface area contributed by atoms with Crippen LogP contribution in [0.2, 0.25) is 0 Å². The van der Waals surface area contributed by atoms with E-state index in [0.717, 1.165) is 57.5 Å². The molecule has 1 N–H and O–H groups in total. The van der Waals surface area contributed by atoms with Crippen LogP contribution in [-0.4, -0.2) is 49.5 Å². The molecular weight excluding hydrogens is 250 g/mol. The summed E-state index contributed by atoms with van der Waals surface area (Å²) in [6.45, 7) is 14.3. The summed E-state index contributed by atoms with van der Waals surface area (Å²) in [7, 11) is 0. The lowest BCUT2D eigenvalue weighted by atomic mass is 9.82. The van der Waals surface area contributed by atoms with Crippen molar-refractivity contribution < 1.29 is 9.84 Å². The maximum Gasteiger partial charge on any atom is 0.0556 e. The molecule has 0 aromatic carbocycles. The van der Waals surface area contributed by atoms with Crippen LogP contribution in [0.3, 0.4) is 0 Å². The summed E-state index contributed by atoms with van der Waals surface area (Å²) >= 11 is 0. The van der Waals surface area contributed by atoms with Gasteiger partial charge in [-0.05, 0) is 50.6 Å². The van der Waals surface area contributed by atoms with Crippen LogP contribution >= 0.6 is 0 Å². The van der Waals surface area contributed by atoms with Crippen LogP contribution in [0.25, 0.3) is 0 Å². The first-order chi connectivity index (χ1) is 9.47. The second-order valence-electron chi connectivity index (χ2n) is 7.46. The van der Waals surface area contributed by atoms with Gasteiger partial charge < -0.3 is 14.7 Å². The van der Waals surface area contributed by atoms with Crippen molar-refractivity contribution in [2.45, 2.75) is 53.4 Å². The first-order valence-corrected chi connectivity index (χ1v) is 8.38. The quantitative estimate of drug-likeness (QED) is 0.706. The average Bonchev–Trinajstić information content (AvgIpc) is 2.42. The Balaban J connectivity index is 2.55. The van der Waals surface area contributed by atoms with Crippen molar-refractivity contribution in [1.29, 1.82) is 0 Å². The van der Waals surface area contributed by atoms with Crippen LogP contribution in [0.1, 0.15) is 53.4 Å². The second kappa shape index (κ2) is 9.01. The third kappa shape index (κ3) is 6.55. The number of ether oxygens (including phenoxy) is 1. The average molecular weight is 285 g/mol. The Bertz CT molecular complexity index is 235. The van der Waals surface area contributed by atoms with E-state index in [1.54, 1.807) is 0 Å². The normalized spacial score (nSPS) is 24.0. The van der Waals surface area contributed by atoms with E-state index >= 15 is 0 Å². The molecule has 0 aliphatic carbocycles. The first-order valence-electron chi connectivity index (χ1n) is 8.38. The summed E-state index contributed by atoms with van der Waals surface area (Å²) in [6, 6.07) is 0. The maximum atomic E-state index is 9.84. The van der Waals surface area contributed by atoms with E-state index in [1.165, 1.54) is 12.8 Å². The van der Waals surface area contributed by atoms with Gasteiger partial charge in [-0.1, -0.05) is 27.7 Å². The Kier molecular flexibility index (Phi) is 8.08. The summed E-state index contributed by atoms with van der Waals surface area (Å²) < 4.78 is 5.64. The third-order valence-electron chi connectivity index (χ3n) is 4.34. The van der Waals surface area contributed by atoms with E-state index in [0.29, 0.717) is 0 Å². The van der Waals surface area contributed by atoms with Gasteiger partial charge >= 0.3 is 0 Å². The van der Waals surface area contributed by atoms with Crippen LogP contribution in [-0.2, 0) is 4.74 Å². The summed E-state index contributed by atoms with van der Waals surface area (Å²) in [4.78, 5) is 2.56. The van der Waals surface area contributed by atoms with E-state index < -0.39 is 0 Å². The highest BCUT2D eigenvalue weighted by atomic mass is 16.5. The highest BCUT2D eigenvalue weighted by molar-refractivity contribution is 4.85. The zero-order chi connectivity index (χ0) is 15.0. The molecule has 0 amide bonds. The van der Waals surface area contributed by atoms with Crippen molar-refractivity contribution in [3.05, 3.63) is 0 Å². The molecule has 1 rings (SSSR count). The van der Waals surface area contributed by atoms with Crippen LogP contribution in [0, 0.1) is 17.3 Å². The van der Waals surface area contributed by atoms with Crippen LogP contribution in [0.5, 0.6) is 0 Å². The SMILES string of the molecule is CC(C)CCN(CCC(C)C)CC1(CO)CCCOC1. The number of nitrogens with zero attached hydrogens (tertiary/aromatic N) is 1. The number of hydrogen-bond donors (Lipinski definition) is 1. The molecule has 0 saturated carbocycles. The van der Waals surface area contributed by atoms with E-state index in [2.05, 4.69) is 32.6 Å². The number of aliphatic hydroxyl groups is 1. The van der Waals surface area contributed by atoms with Gasteiger partial charge in [0.05, 0.1) is 13.2 Å². The Morgan fingerprint density at radius 3 is 2.10 bits per heavy atom. The summed E-state index contributed by atoms with van der Waals surface area (Å²) in [5.74, 6) is 1.48. The molecule has 3 nitrogen and oxygen atoms in total. The number of hydrogen-bond acceptors (Lipinski definition) is 3. The van der Waals surface area contributed by atoms with Crippen molar-refractivity contribution in [3.63, 3.8) is 0 Å². The molecule has 1 saturated heterocycles. The molecule has 20 heavy (non-hydrogen) atoms. The van der Waals surface area contributed by atoms with E-state index in [9.17, 15) is 5.11 Å². The van der Waals surface area contributed by atoms with Crippen molar-refractivity contribution in [2.75, 3.05) is 39.5 Å². The Hall–Kier alpha value is -0.120. The highest BCUT2D eigenvalue weighted by Crippen LogP contribution is 2.29. The number of aliphatic hydroxyl groups excluding tert-OH is 1. The first kappa shape index (κ1) is 17.9. The lowest BCUT2D eigenvalue weighted by Gasteiger charge is -2.40. The molecule has 1 unspecified atom stereocenters. The van der Waals surface area contributed by atoms with Crippen LogP contribution in [0.15, 0.2) is 0 Å². The minimum Gasteiger partial charge on any atom is -0.396 e. The Morgan fingerprint density at radius 2 is 1.70 bits per heavy atom. The van der Waals surface area contributed by atoms with Gasteiger partial charge in [0.25, 0.3) is 0 Å². The van der Waals surface area contributed by atoms with Crippen LogP contribution in [0.4, 0.5) is 0 Å². The molecule has 0 bridgehead atoms. The number of rotatable bonds is 9.